The topological polar surface area (TPSA) is 75.6 Å². The molecule has 0 unspecified atom stereocenters. The maximum atomic E-state index is 9.78. The zero-order valence-corrected chi connectivity index (χ0v) is 18.8. The standard InChI is InChI=1S/C22H24ClN3O3S/c1-13-9-15-18(11-20(13)28-4)24-8-7-19(15)29-14-5-6-17(16(23)10-14)26-21(30)25-12-22(2,3)27/h5-11,27H,12H2,1-4H3,(H2,25,26,30). The van der Waals surface area contributed by atoms with Crippen LogP contribution in [0.25, 0.3) is 10.9 Å². The van der Waals surface area contributed by atoms with Gasteiger partial charge in [0.05, 0.1) is 28.9 Å². The molecule has 158 valence electrons. The van der Waals surface area contributed by atoms with Crippen LogP contribution in [0.15, 0.2) is 42.6 Å². The summed E-state index contributed by atoms with van der Waals surface area (Å²) >= 11 is 11.7. The van der Waals surface area contributed by atoms with Gasteiger partial charge in [0.1, 0.15) is 17.2 Å². The highest BCUT2D eigenvalue weighted by molar-refractivity contribution is 7.80. The highest BCUT2D eigenvalue weighted by Crippen LogP contribution is 2.35. The minimum absolute atomic E-state index is 0.316. The quantitative estimate of drug-likeness (QED) is 0.458. The van der Waals surface area contributed by atoms with E-state index in [0.29, 0.717) is 33.9 Å². The van der Waals surface area contributed by atoms with Crippen molar-refractivity contribution < 1.29 is 14.6 Å². The number of aryl methyl sites for hydroxylation is 1. The second kappa shape index (κ2) is 9.04. The zero-order valence-electron chi connectivity index (χ0n) is 17.2. The number of pyridine rings is 1. The van der Waals surface area contributed by atoms with Crippen LogP contribution < -0.4 is 20.1 Å². The Morgan fingerprint density at radius 1 is 1.20 bits per heavy atom. The summed E-state index contributed by atoms with van der Waals surface area (Å²) < 4.78 is 11.5. The second-order valence-corrected chi connectivity index (χ2v) is 8.33. The predicted octanol–water partition coefficient (Wildman–Crippen LogP) is 5.05. The number of halogens is 1. The van der Waals surface area contributed by atoms with Gasteiger partial charge in [0, 0.05) is 30.3 Å². The molecule has 1 heterocycles. The van der Waals surface area contributed by atoms with Crippen molar-refractivity contribution in [3.05, 3.63) is 53.2 Å². The van der Waals surface area contributed by atoms with Gasteiger partial charge in [-0.3, -0.25) is 4.98 Å². The monoisotopic (exact) mass is 445 g/mol. The summed E-state index contributed by atoms with van der Waals surface area (Å²) in [6.45, 7) is 5.68. The average Bonchev–Trinajstić information content (AvgIpc) is 2.68. The number of aliphatic hydroxyl groups is 1. The minimum atomic E-state index is -0.872. The molecule has 0 aliphatic rings. The number of benzene rings is 2. The Morgan fingerprint density at radius 2 is 1.97 bits per heavy atom. The lowest BCUT2D eigenvalue weighted by molar-refractivity contribution is 0.0851. The summed E-state index contributed by atoms with van der Waals surface area (Å²) in [5.41, 5.74) is 1.54. The fourth-order valence-corrected chi connectivity index (χ4v) is 3.22. The van der Waals surface area contributed by atoms with Crippen LogP contribution in [0.5, 0.6) is 17.2 Å². The van der Waals surface area contributed by atoms with E-state index >= 15 is 0 Å². The van der Waals surface area contributed by atoms with Crippen LogP contribution in [-0.4, -0.2) is 34.5 Å². The molecule has 3 aromatic rings. The van der Waals surface area contributed by atoms with Crippen molar-refractivity contribution in [2.24, 2.45) is 0 Å². The van der Waals surface area contributed by atoms with Crippen molar-refractivity contribution in [2.45, 2.75) is 26.4 Å². The number of nitrogens with zero attached hydrogens (tertiary/aromatic N) is 1. The van der Waals surface area contributed by atoms with Gasteiger partial charge in [0.2, 0.25) is 0 Å². The first-order valence-electron chi connectivity index (χ1n) is 9.34. The molecule has 0 bridgehead atoms. The third kappa shape index (κ3) is 5.50. The summed E-state index contributed by atoms with van der Waals surface area (Å²) in [6, 6.07) is 11.0. The van der Waals surface area contributed by atoms with Gasteiger partial charge in [-0.2, -0.15) is 0 Å². The Hall–Kier alpha value is -2.61. The van der Waals surface area contributed by atoms with Crippen molar-refractivity contribution in [1.29, 1.82) is 0 Å². The number of hydrogen-bond donors (Lipinski definition) is 3. The van der Waals surface area contributed by atoms with Crippen molar-refractivity contribution in [2.75, 3.05) is 19.0 Å². The van der Waals surface area contributed by atoms with Gasteiger partial charge >= 0.3 is 0 Å². The van der Waals surface area contributed by atoms with E-state index in [4.69, 9.17) is 33.3 Å². The molecule has 3 N–H and O–H groups in total. The summed E-state index contributed by atoms with van der Waals surface area (Å²) in [4.78, 5) is 4.40. The maximum absolute atomic E-state index is 9.78. The van der Waals surface area contributed by atoms with Gasteiger partial charge in [-0.1, -0.05) is 11.6 Å². The van der Waals surface area contributed by atoms with Crippen LogP contribution in [-0.2, 0) is 0 Å². The predicted molar refractivity (Wildman–Crippen MR) is 125 cm³/mol. The van der Waals surface area contributed by atoms with E-state index < -0.39 is 5.60 Å². The van der Waals surface area contributed by atoms with Gasteiger partial charge in [0.25, 0.3) is 0 Å². The molecular formula is C22H24ClN3O3S. The molecule has 0 fully saturated rings. The molecule has 0 aliphatic heterocycles. The second-order valence-electron chi connectivity index (χ2n) is 7.51. The van der Waals surface area contributed by atoms with Crippen LogP contribution in [0.1, 0.15) is 19.4 Å². The minimum Gasteiger partial charge on any atom is -0.496 e. The SMILES string of the molecule is COc1cc2nccc(Oc3ccc(NC(=S)NCC(C)(C)O)c(Cl)c3)c2cc1C. The van der Waals surface area contributed by atoms with Gasteiger partial charge in [-0.25, -0.2) is 0 Å². The lowest BCUT2D eigenvalue weighted by Gasteiger charge is -2.19. The Morgan fingerprint density at radius 3 is 2.63 bits per heavy atom. The number of thiocarbonyl (C=S) groups is 1. The van der Waals surface area contributed by atoms with E-state index in [0.717, 1.165) is 22.2 Å². The molecule has 0 saturated heterocycles. The van der Waals surface area contributed by atoms with Crippen molar-refractivity contribution in [3.8, 4) is 17.2 Å². The number of anilines is 1. The Bertz CT molecular complexity index is 1080. The molecule has 1 aromatic heterocycles. The molecule has 0 spiro atoms. The smallest absolute Gasteiger partial charge is 0.170 e. The normalized spacial score (nSPS) is 11.3. The molecule has 3 rings (SSSR count). The third-order valence-corrected chi connectivity index (χ3v) is 4.88. The molecule has 0 saturated carbocycles. The Kier molecular flexibility index (Phi) is 6.65. The number of rotatable bonds is 6. The molecule has 2 aromatic carbocycles. The summed E-state index contributed by atoms with van der Waals surface area (Å²) in [6.07, 6.45) is 1.69. The number of methoxy groups -OCH3 is 1. The van der Waals surface area contributed by atoms with E-state index in [-0.39, 0.29) is 0 Å². The van der Waals surface area contributed by atoms with Crippen molar-refractivity contribution >= 4 is 45.5 Å². The van der Waals surface area contributed by atoms with E-state index in [9.17, 15) is 5.11 Å². The van der Waals surface area contributed by atoms with Crippen LogP contribution in [0.3, 0.4) is 0 Å². The molecule has 0 radical (unpaired) electrons. The van der Waals surface area contributed by atoms with Gasteiger partial charge in [0.15, 0.2) is 5.11 Å². The van der Waals surface area contributed by atoms with Gasteiger partial charge < -0.3 is 25.2 Å². The fourth-order valence-electron chi connectivity index (χ4n) is 2.82. The highest BCUT2D eigenvalue weighted by Gasteiger charge is 2.14. The lowest BCUT2D eigenvalue weighted by Crippen LogP contribution is -2.40. The first kappa shape index (κ1) is 22.1. The third-order valence-electron chi connectivity index (χ3n) is 4.32. The molecule has 0 aliphatic carbocycles. The number of hydrogen-bond acceptors (Lipinski definition) is 5. The molecular weight excluding hydrogens is 422 g/mol. The van der Waals surface area contributed by atoms with Crippen molar-refractivity contribution in [1.82, 2.24) is 10.3 Å². The molecule has 8 heteroatoms. The maximum Gasteiger partial charge on any atom is 0.170 e. The first-order valence-corrected chi connectivity index (χ1v) is 10.1. The first-order chi connectivity index (χ1) is 14.2. The van der Waals surface area contributed by atoms with E-state index in [1.165, 1.54) is 0 Å². The molecule has 0 amide bonds. The van der Waals surface area contributed by atoms with E-state index in [2.05, 4.69) is 15.6 Å². The number of ether oxygens (including phenoxy) is 2. The molecule has 30 heavy (non-hydrogen) atoms. The number of aromatic nitrogens is 1. The number of fused-ring (bicyclic) bond motifs is 1. The molecule has 6 nitrogen and oxygen atoms in total. The van der Waals surface area contributed by atoms with Crippen molar-refractivity contribution in [3.63, 3.8) is 0 Å². The zero-order chi connectivity index (χ0) is 21.9. The fraction of sp³-hybridized carbons (Fsp3) is 0.273. The molecule has 0 atom stereocenters. The number of nitrogens with one attached hydrogen (secondary N) is 2. The van der Waals surface area contributed by atoms with Crippen LogP contribution in [0.4, 0.5) is 5.69 Å². The highest BCUT2D eigenvalue weighted by atomic mass is 35.5. The summed E-state index contributed by atoms with van der Waals surface area (Å²) in [5, 5.41) is 17.5. The average molecular weight is 446 g/mol. The van der Waals surface area contributed by atoms with Crippen LogP contribution in [0, 0.1) is 6.92 Å². The van der Waals surface area contributed by atoms with Crippen LogP contribution in [0.2, 0.25) is 5.02 Å². The van der Waals surface area contributed by atoms with Gasteiger partial charge in [-0.05, 0) is 62.8 Å². The van der Waals surface area contributed by atoms with Crippen LogP contribution >= 0.6 is 23.8 Å². The van der Waals surface area contributed by atoms with Gasteiger partial charge in [-0.15, -0.1) is 0 Å². The Balaban J connectivity index is 1.78. The summed E-state index contributed by atoms with van der Waals surface area (Å²) in [7, 11) is 1.64. The van der Waals surface area contributed by atoms with E-state index in [1.54, 1.807) is 45.4 Å². The Labute approximate surface area is 186 Å². The largest absolute Gasteiger partial charge is 0.496 e. The van der Waals surface area contributed by atoms with E-state index in [1.807, 2.05) is 25.1 Å². The summed E-state index contributed by atoms with van der Waals surface area (Å²) in [5.74, 6) is 2.03. The lowest BCUT2D eigenvalue weighted by atomic mass is 10.1.